The maximum atomic E-state index is 8.55. The van der Waals surface area contributed by atoms with E-state index in [0.29, 0.717) is 13.4 Å². The summed E-state index contributed by atoms with van der Waals surface area (Å²) < 4.78 is 10.7. The average molecular weight is 258 g/mol. The van der Waals surface area contributed by atoms with Gasteiger partial charge in [-0.1, -0.05) is 51.2 Å². The fraction of sp³-hybridized carbons (Fsp3) is 0.867. The van der Waals surface area contributed by atoms with E-state index in [2.05, 4.69) is 6.92 Å². The van der Waals surface area contributed by atoms with Gasteiger partial charge in [-0.25, -0.2) is 0 Å². The van der Waals surface area contributed by atoms with Crippen molar-refractivity contribution in [2.24, 2.45) is 0 Å². The van der Waals surface area contributed by atoms with Crippen molar-refractivity contribution in [2.45, 2.75) is 58.3 Å². The molecule has 0 heterocycles. The molecule has 3 heteroatoms. The Morgan fingerprint density at radius 1 is 0.833 bits per heavy atom. The fourth-order valence-electron chi connectivity index (χ4n) is 1.62. The van der Waals surface area contributed by atoms with Gasteiger partial charge in [0.2, 0.25) is 0 Å². The second-order valence-corrected chi connectivity index (χ2v) is 4.47. The zero-order valence-corrected chi connectivity index (χ0v) is 11.9. The van der Waals surface area contributed by atoms with Crippen LogP contribution in [0.1, 0.15) is 58.3 Å². The predicted octanol–water partition coefficient (Wildman–Crippen LogP) is 3.67. The summed E-state index contributed by atoms with van der Waals surface area (Å²) in [6, 6.07) is 0. The summed E-state index contributed by atoms with van der Waals surface area (Å²) in [7, 11) is 0. The van der Waals surface area contributed by atoms with Crippen molar-refractivity contribution in [3.05, 3.63) is 12.2 Å². The van der Waals surface area contributed by atoms with Gasteiger partial charge in [-0.15, -0.1) is 0 Å². The summed E-state index contributed by atoms with van der Waals surface area (Å²) in [5.74, 6) is 0. The SMILES string of the molecule is CCCCCCCCOCOCCC=CCCO. The first kappa shape index (κ1) is 17.6. The Kier molecular flexibility index (Phi) is 16.3. The molecule has 0 aliphatic carbocycles. The summed E-state index contributed by atoms with van der Waals surface area (Å²) in [4.78, 5) is 0. The van der Waals surface area contributed by atoms with Gasteiger partial charge in [0.25, 0.3) is 0 Å². The second-order valence-electron chi connectivity index (χ2n) is 4.47. The molecule has 0 atom stereocenters. The highest BCUT2D eigenvalue weighted by Gasteiger charge is 1.91. The number of hydrogen-bond donors (Lipinski definition) is 1. The molecule has 0 amide bonds. The van der Waals surface area contributed by atoms with Crippen LogP contribution in [0.25, 0.3) is 0 Å². The van der Waals surface area contributed by atoms with E-state index >= 15 is 0 Å². The first-order valence-corrected chi connectivity index (χ1v) is 7.33. The first-order chi connectivity index (χ1) is 8.91. The minimum absolute atomic E-state index is 0.221. The molecule has 3 nitrogen and oxygen atoms in total. The molecule has 0 fully saturated rings. The molecule has 0 aliphatic heterocycles. The van der Waals surface area contributed by atoms with E-state index in [1.807, 2.05) is 12.2 Å². The van der Waals surface area contributed by atoms with Crippen molar-refractivity contribution in [3.8, 4) is 0 Å². The van der Waals surface area contributed by atoms with Crippen molar-refractivity contribution < 1.29 is 14.6 Å². The van der Waals surface area contributed by atoms with Crippen LogP contribution in [0.4, 0.5) is 0 Å². The zero-order valence-electron chi connectivity index (χ0n) is 11.9. The van der Waals surface area contributed by atoms with E-state index in [4.69, 9.17) is 14.6 Å². The summed E-state index contributed by atoms with van der Waals surface area (Å²) in [6.07, 6.45) is 13.4. The van der Waals surface area contributed by atoms with Gasteiger partial charge in [0, 0.05) is 13.2 Å². The van der Waals surface area contributed by atoms with Crippen LogP contribution in [0, 0.1) is 0 Å². The zero-order chi connectivity index (χ0) is 13.3. The lowest BCUT2D eigenvalue weighted by atomic mass is 10.1. The highest BCUT2D eigenvalue weighted by Crippen LogP contribution is 2.04. The van der Waals surface area contributed by atoms with Crippen LogP contribution in [0.3, 0.4) is 0 Å². The van der Waals surface area contributed by atoms with Crippen LogP contribution >= 0.6 is 0 Å². The highest BCUT2D eigenvalue weighted by atomic mass is 16.7. The molecule has 0 spiro atoms. The molecule has 0 saturated carbocycles. The second kappa shape index (κ2) is 16.6. The summed E-state index contributed by atoms with van der Waals surface area (Å²) in [5.41, 5.74) is 0. The van der Waals surface area contributed by atoms with Crippen LogP contribution in [-0.2, 0) is 9.47 Å². The van der Waals surface area contributed by atoms with Crippen molar-refractivity contribution >= 4 is 0 Å². The van der Waals surface area contributed by atoms with Gasteiger partial charge in [0.05, 0.1) is 6.61 Å². The summed E-state index contributed by atoms with van der Waals surface area (Å²) >= 11 is 0. The van der Waals surface area contributed by atoms with E-state index in [9.17, 15) is 0 Å². The summed E-state index contributed by atoms with van der Waals surface area (Å²) in [6.45, 7) is 4.37. The summed E-state index contributed by atoms with van der Waals surface area (Å²) in [5, 5.41) is 8.55. The lowest BCUT2D eigenvalue weighted by Gasteiger charge is -2.04. The van der Waals surface area contributed by atoms with Crippen molar-refractivity contribution in [2.75, 3.05) is 26.6 Å². The minimum Gasteiger partial charge on any atom is -0.396 e. The maximum absolute atomic E-state index is 8.55. The predicted molar refractivity (Wildman–Crippen MR) is 75.6 cm³/mol. The van der Waals surface area contributed by atoms with E-state index in [1.165, 1.54) is 32.1 Å². The molecule has 0 aromatic rings. The van der Waals surface area contributed by atoms with Crippen molar-refractivity contribution in [1.29, 1.82) is 0 Å². The number of hydrogen-bond acceptors (Lipinski definition) is 3. The lowest BCUT2D eigenvalue weighted by Crippen LogP contribution is -2.02. The molecule has 108 valence electrons. The van der Waals surface area contributed by atoms with E-state index in [1.54, 1.807) is 0 Å². The Bertz CT molecular complexity index is 169. The van der Waals surface area contributed by atoms with Crippen LogP contribution in [0.5, 0.6) is 0 Å². The van der Waals surface area contributed by atoms with Gasteiger partial charge in [-0.05, 0) is 19.3 Å². The average Bonchev–Trinajstić information content (AvgIpc) is 2.39. The number of aliphatic hydroxyl groups is 1. The Balaban J connectivity index is 2.94. The van der Waals surface area contributed by atoms with Crippen molar-refractivity contribution in [1.82, 2.24) is 0 Å². The van der Waals surface area contributed by atoms with Gasteiger partial charge in [0.15, 0.2) is 0 Å². The molecule has 0 aliphatic rings. The first-order valence-electron chi connectivity index (χ1n) is 7.33. The molecule has 0 saturated heterocycles. The standard InChI is InChI=1S/C15H30O3/c1-2-3-4-5-7-10-13-17-15-18-14-11-8-6-9-12-16/h6,8,16H,2-5,7,9-15H2,1H3. The van der Waals surface area contributed by atoms with Crippen LogP contribution in [0.15, 0.2) is 12.2 Å². The topological polar surface area (TPSA) is 38.7 Å². The Morgan fingerprint density at radius 2 is 1.50 bits per heavy atom. The third-order valence-electron chi connectivity index (χ3n) is 2.70. The van der Waals surface area contributed by atoms with Crippen LogP contribution in [0.2, 0.25) is 0 Å². The monoisotopic (exact) mass is 258 g/mol. The number of aliphatic hydroxyl groups excluding tert-OH is 1. The number of ether oxygens (including phenoxy) is 2. The van der Waals surface area contributed by atoms with Gasteiger partial charge in [0.1, 0.15) is 6.79 Å². The molecule has 1 N–H and O–H groups in total. The largest absolute Gasteiger partial charge is 0.396 e. The molecule has 0 aromatic heterocycles. The van der Waals surface area contributed by atoms with Gasteiger partial charge in [-0.2, -0.15) is 0 Å². The molecular formula is C15H30O3. The minimum atomic E-state index is 0.221. The fourth-order valence-corrected chi connectivity index (χ4v) is 1.62. The Labute approximate surface area is 112 Å². The highest BCUT2D eigenvalue weighted by molar-refractivity contribution is 4.80. The molecule has 18 heavy (non-hydrogen) atoms. The molecule has 0 radical (unpaired) electrons. The maximum Gasteiger partial charge on any atom is 0.146 e. The van der Waals surface area contributed by atoms with Gasteiger partial charge < -0.3 is 14.6 Å². The Hall–Kier alpha value is -0.380. The van der Waals surface area contributed by atoms with Crippen LogP contribution < -0.4 is 0 Å². The molecule has 0 bridgehead atoms. The number of rotatable bonds is 14. The lowest BCUT2D eigenvalue weighted by molar-refractivity contribution is -0.0531. The normalized spacial score (nSPS) is 11.4. The van der Waals surface area contributed by atoms with Crippen LogP contribution in [-0.4, -0.2) is 31.7 Å². The van der Waals surface area contributed by atoms with Gasteiger partial charge in [-0.3, -0.25) is 0 Å². The van der Waals surface area contributed by atoms with Gasteiger partial charge >= 0.3 is 0 Å². The molecule has 0 rings (SSSR count). The molecular weight excluding hydrogens is 228 g/mol. The third kappa shape index (κ3) is 15.6. The van der Waals surface area contributed by atoms with E-state index in [0.717, 1.165) is 25.9 Å². The molecule has 0 aromatic carbocycles. The third-order valence-corrected chi connectivity index (χ3v) is 2.70. The van der Waals surface area contributed by atoms with E-state index < -0.39 is 0 Å². The quantitative estimate of drug-likeness (QED) is 0.293. The Morgan fingerprint density at radius 3 is 2.28 bits per heavy atom. The van der Waals surface area contributed by atoms with E-state index in [-0.39, 0.29) is 6.61 Å². The smallest absolute Gasteiger partial charge is 0.146 e. The molecule has 0 unspecified atom stereocenters. The number of unbranched alkanes of at least 4 members (excludes halogenated alkanes) is 5. The van der Waals surface area contributed by atoms with Crippen molar-refractivity contribution in [3.63, 3.8) is 0 Å².